The molecule has 3 rings (SSSR count). The molecule has 0 atom stereocenters. The zero-order chi connectivity index (χ0) is 17.6. The molecule has 0 spiro atoms. The van der Waals surface area contributed by atoms with Crippen LogP contribution in [0.2, 0.25) is 0 Å². The second-order valence-corrected chi connectivity index (χ2v) is 5.57. The minimum Gasteiger partial charge on any atom is -0.478 e. The van der Waals surface area contributed by atoms with Gasteiger partial charge in [-0.2, -0.15) is 0 Å². The van der Waals surface area contributed by atoms with E-state index in [1.165, 1.54) is 0 Å². The summed E-state index contributed by atoms with van der Waals surface area (Å²) in [5.41, 5.74) is 3.05. The predicted molar refractivity (Wildman–Crippen MR) is 97.3 cm³/mol. The number of pyridine rings is 1. The zero-order valence-electron chi connectivity index (χ0n) is 13.6. The molecule has 124 valence electrons. The van der Waals surface area contributed by atoms with Crippen molar-refractivity contribution in [2.45, 2.75) is 12.8 Å². The van der Waals surface area contributed by atoms with Crippen LogP contribution < -0.4 is 0 Å². The number of hydrogen-bond acceptors (Lipinski definition) is 3. The number of carboxylic acid groups (broad SMARTS) is 1. The van der Waals surface area contributed by atoms with Crippen LogP contribution in [-0.4, -0.2) is 27.8 Å². The summed E-state index contributed by atoms with van der Waals surface area (Å²) in [6.45, 7) is 0.0903. The molecule has 0 fully saturated rings. The SMILES string of the molecule is O=C(O)c1cccc(C#CCCCO)c1-c1ccc2cccnc2c1. The van der Waals surface area contributed by atoms with E-state index in [1.54, 1.807) is 18.3 Å². The van der Waals surface area contributed by atoms with Gasteiger partial charge in [0.2, 0.25) is 0 Å². The number of carboxylic acids is 1. The lowest BCUT2D eigenvalue weighted by molar-refractivity contribution is 0.0697. The molecule has 1 aromatic heterocycles. The number of benzene rings is 2. The molecule has 0 saturated carbocycles. The molecular formula is C21H17NO3. The molecule has 0 bridgehead atoms. The van der Waals surface area contributed by atoms with Gasteiger partial charge in [-0.25, -0.2) is 4.79 Å². The normalized spacial score (nSPS) is 10.3. The molecule has 0 saturated heterocycles. The Hall–Kier alpha value is -3.16. The number of aromatic nitrogens is 1. The predicted octanol–water partition coefficient (Wildman–Crippen LogP) is 3.72. The van der Waals surface area contributed by atoms with Gasteiger partial charge in [-0.05, 0) is 36.2 Å². The van der Waals surface area contributed by atoms with Gasteiger partial charge in [0.1, 0.15) is 0 Å². The maximum atomic E-state index is 11.7. The Labute approximate surface area is 145 Å². The second kappa shape index (κ2) is 7.61. The lowest BCUT2D eigenvalue weighted by Crippen LogP contribution is -2.01. The quantitative estimate of drug-likeness (QED) is 0.564. The molecule has 4 heteroatoms. The number of hydrogen-bond donors (Lipinski definition) is 2. The van der Waals surface area contributed by atoms with Crippen LogP contribution in [0.5, 0.6) is 0 Å². The van der Waals surface area contributed by atoms with Crippen molar-refractivity contribution >= 4 is 16.9 Å². The molecule has 1 heterocycles. The number of carbonyl (C=O) groups is 1. The van der Waals surface area contributed by atoms with Crippen molar-refractivity contribution in [3.8, 4) is 23.0 Å². The van der Waals surface area contributed by atoms with Gasteiger partial charge in [0.15, 0.2) is 0 Å². The number of aliphatic hydroxyl groups is 1. The van der Waals surface area contributed by atoms with Gasteiger partial charge in [0.05, 0.1) is 11.1 Å². The molecule has 0 aliphatic rings. The largest absolute Gasteiger partial charge is 0.478 e. The minimum atomic E-state index is -0.991. The van der Waals surface area contributed by atoms with E-state index in [0.29, 0.717) is 24.0 Å². The van der Waals surface area contributed by atoms with Gasteiger partial charge >= 0.3 is 5.97 Å². The summed E-state index contributed by atoms with van der Waals surface area (Å²) in [6.07, 6.45) is 2.87. The summed E-state index contributed by atoms with van der Waals surface area (Å²) >= 11 is 0. The molecule has 2 N–H and O–H groups in total. The molecule has 0 radical (unpaired) electrons. The van der Waals surface area contributed by atoms with E-state index in [4.69, 9.17) is 5.11 Å². The van der Waals surface area contributed by atoms with Gasteiger partial charge in [0.25, 0.3) is 0 Å². The summed E-state index contributed by atoms with van der Waals surface area (Å²) in [7, 11) is 0. The van der Waals surface area contributed by atoms with Crippen LogP contribution >= 0.6 is 0 Å². The average molecular weight is 331 g/mol. The lowest BCUT2D eigenvalue weighted by atomic mass is 9.93. The Morgan fingerprint density at radius 2 is 2.00 bits per heavy atom. The highest BCUT2D eigenvalue weighted by atomic mass is 16.4. The Kier molecular flexibility index (Phi) is 5.08. The summed E-state index contributed by atoms with van der Waals surface area (Å²) in [5.74, 6) is 5.05. The van der Waals surface area contributed by atoms with Gasteiger partial charge in [-0.3, -0.25) is 4.98 Å². The van der Waals surface area contributed by atoms with E-state index in [-0.39, 0.29) is 12.2 Å². The minimum absolute atomic E-state index is 0.0903. The standard InChI is InChI=1S/C21H17NO3/c23-13-3-1-2-6-16-7-4-9-18(21(24)25)20(16)17-11-10-15-8-5-12-22-19(15)14-17/h4-5,7-12,14,23H,1,3,13H2,(H,24,25). The zero-order valence-corrected chi connectivity index (χ0v) is 13.6. The van der Waals surface area contributed by atoms with E-state index in [0.717, 1.165) is 16.5 Å². The van der Waals surface area contributed by atoms with Crippen LogP contribution in [0.25, 0.3) is 22.0 Å². The Morgan fingerprint density at radius 3 is 2.80 bits per heavy atom. The summed E-state index contributed by atoms with van der Waals surface area (Å²) in [6, 6.07) is 14.6. The van der Waals surface area contributed by atoms with Crippen LogP contribution in [0.3, 0.4) is 0 Å². The first-order valence-electron chi connectivity index (χ1n) is 8.02. The molecular weight excluding hydrogens is 314 g/mol. The van der Waals surface area contributed by atoms with Crippen molar-refractivity contribution in [3.05, 3.63) is 65.9 Å². The van der Waals surface area contributed by atoms with Crippen molar-refractivity contribution in [2.75, 3.05) is 6.61 Å². The van der Waals surface area contributed by atoms with Crippen LogP contribution in [0.15, 0.2) is 54.7 Å². The molecule has 2 aromatic carbocycles. The fourth-order valence-electron chi connectivity index (χ4n) is 2.69. The third-order valence-corrected chi connectivity index (χ3v) is 3.87. The fraction of sp³-hybridized carbons (Fsp3) is 0.143. The van der Waals surface area contributed by atoms with E-state index < -0.39 is 5.97 Å². The number of rotatable bonds is 4. The number of aliphatic hydroxyl groups excluding tert-OH is 1. The fourth-order valence-corrected chi connectivity index (χ4v) is 2.69. The van der Waals surface area contributed by atoms with Crippen molar-refractivity contribution in [2.24, 2.45) is 0 Å². The van der Waals surface area contributed by atoms with Gasteiger partial charge in [-0.15, -0.1) is 0 Å². The van der Waals surface area contributed by atoms with Crippen LogP contribution in [0.4, 0.5) is 0 Å². The van der Waals surface area contributed by atoms with Crippen LogP contribution in [0, 0.1) is 11.8 Å². The average Bonchev–Trinajstić information content (AvgIpc) is 2.64. The lowest BCUT2D eigenvalue weighted by Gasteiger charge is -2.10. The second-order valence-electron chi connectivity index (χ2n) is 5.57. The maximum Gasteiger partial charge on any atom is 0.336 e. The molecule has 0 aliphatic heterocycles. The topological polar surface area (TPSA) is 70.4 Å². The van der Waals surface area contributed by atoms with E-state index in [2.05, 4.69) is 16.8 Å². The molecule has 0 aliphatic carbocycles. The Morgan fingerprint density at radius 1 is 1.12 bits per heavy atom. The third kappa shape index (κ3) is 3.68. The maximum absolute atomic E-state index is 11.7. The van der Waals surface area contributed by atoms with E-state index in [1.807, 2.05) is 36.4 Å². The van der Waals surface area contributed by atoms with Crippen LogP contribution in [-0.2, 0) is 0 Å². The number of aromatic carboxylic acids is 1. The van der Waals surface area contributed by atoms with Crippen molar-refractivity contribution in [1.29, 1.82) is 0 Å². The molecule has 3 aromatic rings. The van der Waals surface area contributed by atoms with Gasteiger partial charge in [-0.1, -0.05) is 36.1 Å². The highest BCUT2D eigenvalue weighted by molar-refractivity contribution is 5.99. The number of nitrogens with zero attached hydrogens (tertiary/aromatic N) is 1. The highest BCUT2D eigenvalue weighted by Gasteiger charge is 2.15. The van der Waals surface area contributed by atoms with E-state index in [9.17, 15) is 9.90 Å². The molecule has 0 amide bonds. The molecule has 4 nitrogen and oxygen atoms in total. The third-order valence-electron chi connectivity index (χ3n) is 3.87. The first-order chi connectivity index (χ1) is 12.2. The summed E-state index contributed by atoms with van der Waals surface area (Å²) in [5, 5.41) is 19.4. The molecule has 0 unspecified atom stereocenters. The van der Waals surface area contributed by atoms with Crippen molar-refractivity contribution in [3.63, 3.8) is 0 Å². The Bertz CT molecular complexity index is 983. The smallest absolute Gasteiger partial charge is 0.336 e. The summed E-state index contributed by atoms with van der Waals surface area (Å²) < 4.78 is 0. The van der Waals surface area contributed by atoms with E-state index >= 15 is 0 Å². The Balaban J connectivity index is 2.16. The van der Waals surface area contributed by atoms with Gasteiger partial charge < -0.3 is 10.2 Å². The van der Waals surface area contributed by atoms with Crippen molar-refractivity contribution < 1.29 is 15.0 Å². The molecule has 25 heavy (non-hydrogen) atoms. The van der Waals surface area contributed by atoms with Crippen LogP contribution in [0.1, 0.15) is 28.8 Å². The first kappa shape index (κ1) is 16.7. The summed E-state index contributed by atoms with van der Waals surface area (Å²) in [4.78, 5) is 16.0. The van der Waals surface area contributed by atoms with Crippen molar-refractivity contribution in [1.82, 2.24) is 4.98 Å². The number of fused-ring (bicyclic) bond motifs is 1. The van der Waals surface area contributed by atoms with Gasteiger partial charge in [0, 0.05) is 35.7 Å². The monoisotopic (exact) mass is 331 g/mol. The number of unbranched alkanes of at least 4 members (excludes halogenated alkanes) is 1. The first-order valence-corrected chi connectivity index (χ1v) is 8.02. The highest BCUT2D eigenvalue weighted by Crippen LogP contribution is 2.30.